The zero-order valence-electron chi connectivity index (χ0n) is 18.3. The SMILES string of the molecule is C/C(=C\c1ccccc1)C1CC1NCC1CCN(C=O)CC1.COC(C)(C)C. The summed E-state index contributed by atoms with van der Waals surface area (Å²) in [5, 5.41) is 3.73. The molecule has 0 spiro atoms. The highest BCUT2D eigenvalue weighted by molar-refractivity contribution is 5.53. The van der Waals surface area contributed by atoms with Crippen molar-refractivity contribution in [1.29, 1.82) is 0 Å². The number of benzene rings is 1. The Morgan fingerprint density at radius 1 is 1.21 bits per heavy atom. The van der Waals surface area contributed by atoms with Crippen molar-refractivity contribution in [2.24, 2.45) is 11.8 Å². The molecular weight excluding hydrogens is 348 g/mol. The molecule has 3 rings (SSSR count). The summed E-state index contributed by atoms with van der Waals surface area (Å²) >= 11 is 0. The van der Waals surface area contributed by atoms with Crippen LogP contribution in [0.4, 0.5) is 0 Å². The third-order valence-electron chi connectivity index (χ3n) is 5.65. The van der Waals surface area contributed by atoms with Crippen LogP contribution < -0.4 is 5.32 Å². The van der Waals surface area contributed by atoms with Crippen LogP contribution in [0.5, 0.6) is 0 Å². The van der Waals surface area contributed by atoms with Crippen LogP contribution in [0.2, 0.25) is 0 Å². The van der Waals surface area contributed by atoms with Gasteiger partial charge in [0.25, 0.3) is 0 Å². The fourth-order valence-electron chi connectivity index (χ4n) is 3.42. The van der Waals surface area contributed by atoms with Crippen LogP contribution in [0.1, 0.15) is 52.5 Å². The zero-order valence-corrected chi connectivity index (χ0v) is 18.3. The summed E-state index contributed by atoms with van der Waals surface area (Å²) in [4.78, 5) is 12.6. The summed E-state index contributed by atoms with van der Waals surface area (Å²) in [5.74, 6) is 1.44. The largest absolute Gasteiger partial charge is 0.379 e. The first-order valence-corrected chi connectivity index (χ1v) is 10.5. The monoisotopic (exact) mass is 386 g/mol. The molecule has 156 valence electrons. The Balaban J connectivity index is 0.000000409. The van der Waals surface area contributed by atoms with Gasteiger partial charge in [0, 0.05) is 26.2 Å². The molecular formula is C24H38N2O2. The van der Waals surface area contributed by atoms with Crippen LogP contribution >= 0.6 is 0 Å². The molecule has 2 unspecified atom stereocenters. The molecule has 1 aliphatic heterocycles. The quantitative estimate of drug-likeness (QED) is 0.738. The minimum absolute atomic E-state index is 0.0417. The lowest BCUT2D eigenvalue weighted by Gasteiger charge is -2.29. The van der Waals surface area contributed by atoms with Gasteiger partial charge >= 0.3 is 0 Å². The number of amides is 1. The number of nitrogens with one attached hydrogen (secondary N) is 1. The average Bonchev–Trinajstić information content (AvgIpc) is 3.47. The van der Waals surface area contributed by atoms with Gasteiger partial charge in [0.05, 0.1) is 5.60 Å². The van der Waals surface area contributed by atoms with Crippen molar-refractivity contribution >= 4 is 12.5 Å². The molecule has 2 fully saturated rings. The number of likely N-dealkylation sites (tertiary alicyclic amines) is 1. The van der Waals surface area contributed by atoms with E-state index in [-0.39, 0.29) is 5.60 Å². The number of carbonyl (C=O) groups excluding carboxylic acids is 1. The van der Waals surface area contributed by atoms with Crippen molar-refractivity contribution in [2.45, 2.75) is 58.6 Å². The van der Waals surface area contributed by atoms with Gasteiger partial charge in [-0.3, -0.25) is 4.79 Å². The lowest BCUT2D eigenvalue weighted by Crippen LogP contribution is -2.37. The summed E-state index contributed by atoms with van der Waals surface area (Å²) in [7, 11) is 1.71. The molecule has 2 aliphatic rings. The van der Waals surface area contributed by atoms with Gasteiger partial charge in [-0.15, -0.1) is 0 Å². The van der Waals surface area contributed by atoms with Crippen molar-refractivity contribution in [3.05, 3.63) is 41.5 Å². The van der Waals surface area contributed by atoms with Gasteiger partial charge in [-0.25, -0.2) is 0 Å². The minimum atomic E-state index is 0.0417. The van der Waals surface area contributed by atoms with Gasteiger partial charge in [-0.05, 0) is 70.9 Å². The maximum atomic E-state index is 10.7. The van der Waals surface area contributed by atoms with E-state index in [9.17, 15) is 4.79 Å². The molecule has 1 amide bonds. The summed E-state index contributed by atoms with van der Waals surface area (Å²) in [6.07, 6.45) is 6.85. The molecule has 1 saturated heterocycles. The predicted molar refractivity (Wildman–Crippen MR) is 117 cm³/mol. The number of rotatable bonds is 6. The molecule has 1 aromatic rings. The van der Waals surface area contributed by atoms with Gasteiger partial charge in [0.15, 0.2) is 0 Å². The molecule has 0 aromatic heterocycles. The van der Waals surface area contributed by atoms with E-state index < -0.39 is 0 Å². The Bertz CT molecular complexity index is 613. The van der Waals surface area contributed by atoms with Crippen LogP contribution in [0.3, 0.4) is 0 Å². The highest BCUT2D eigenvalue weighted by Crippen LogP contribution is 2.38. The Morgan fingerprint density at radius 3 is 2.36 bits per heavy atom. The number of methoxy groups -OCH3 is 1. The Hall–Kier alpha value is -1.65. The number of hydrogen-bond donors (Lipinski definition) is 1. The molecule has 1 N–H and O–H groups in total. The van der Waals surface area contributed by atoms with E-state index >= 15 is 0 Å². The molecule has 1 saturated carbocycles. The number of ether oxygens (including phenoxy) is 1. The van der Waals surface area contributed by atoms with E-state index in [1.54, 1.807) is 7.11 Å². The van der Waals surface area contributed by atoms with Crippen LogP contribution in [-0.4, -0.2) is 49.7 Å². The van der Waals surface area contributed by atoms with E-state index in [2.05, 4.69) is 48.6 Å². The normalized spacial score (nSPS) is 23.0. The Kier molecular flexibility index (Phi) is 8.71. The molecule has 0 bridgehead atoms. The molecule has 2 atom stereocenters. The summed E-state index contributed by atoms with van der Waals surface area (Å²) in [5.41, 5.74) is 2.83. The molecule has 1 aliphatic carbocycles. The van der Waals surface area contributed by atoms with Crippen molar-refractivity contribution in [1.82, 2.24) is 10.2 Å². The smallest absolute Gasteiger partial charge is 0.209 e. The predicted octanol–water partition coefficient (Wildman–Crippen LogP) is 4.37. The minimum Gasteiger partial charge on any atom is -0.379 e. The van der Waals surface area contributed by atoms with Crippen LogP contribution in [0, 0.1) is 11.8 Å². The zero-order chi connectivity index (χ0) is 20.6. The molecule has 1 heterocycles. The second-order valence-corrected chi connectivity index (χ2v) is 9.06. The third kappa shape index (κ3) is 8.15. The summed E-state index contributed by atoms with van der Waals surface area (Å²) < 4.78 is 4.94. The molecule has 0 radical (unpaired) electrons. The standard InChI is InChI=1S/C19H26N2O.C5H12O/c1-15(11-16-5-3-2-4-6-16)18-12-19(18)20-13-17-7-9-21(14-22)10-8-17;1-5(2,3)6-4/h2-6,11,14,17-20H,7-10,12-13H2,1H3;1-4H3/b15-11+;. The van der Waals surface area contributed by atoms with E-state index in [0.717, 1.165) is 44.8 Å². The molecule has 28 heavy (non-hydrogen) atoms. The third-order valence-corrected chi connectivity index (χ3v) is 5.65. The summed E-state index contributed by atoms with van der Waals surface area (Å²) in [6, 6.07) is 11.2. The van der Waals surface area contributed by atoms with Gasteiger partial charge in [0.1, 0.15) is 0 Å². The molecule has 1 aromatic carbocycles. The van der Waals surface area contributed by atoms with Gasteiger partial charge in [0.2, 0.25) is 6.41 Å². The number of hydrogen-bond acceptors (Lipinski definition) is 3. The second-order valence-electron chi connectivity index (χ2n) is 9.06. The van der Waals surface area contributed by atoms with Crippen molar-refractivity contribution in [2.75, 3.05) is 26.7 Å². The summed E-state index contributed by atoms with van der Waals surface area (Å²) in [6.45, 7) is 11.3. The highest BCUT2D eigenvalue weighted by Gasteiger charge is 2.38. The fraction of sp³-hybridized carbons (Fsp3) is 0.625. The van der Waals surface area contributed by atoms with Crippen LogP contribution in [0.15, 0.2) is 35.9 Å². The number of piperidine rings is 1. The molecule has 4 nitrogen and oxygen atoms in total. The first kappa shape index (κ1) is 22.6. The maximum absolute atomic E-state index is 10.7. The van der Waals surface area contributed by atoms with E-state index in [1.807, 2.05) is 25.7 Å². The van der Waals surface area contributed by atoms with E-state index in [4.69, 9.17) is 4.74 Å². The maximum Gasteiger partial charge on any atom is 0.209 e. The van der Waals surface area contributed by atoms with Crippen LogP contribution in [0.25, 0.3) is 6.08 Å². The van der Waals surface area contributed by atoms with Gasteiger partial charge in [-0.1, -0.05) is 42.0 Å². The van der Waals surface area contributed by atoms with E-state index in [0.29, 0.717) is 12.0 Å². The van der Waals surface area contributed by atoms with E-state index in [1.165, 1.54) is 17.6 Å². The molecule has 4 heteroatoms. The Labute approximate surface area is 171 Å². The van der Waals surface area contributed by atoms with Crippen molar-refractivity contribution in [3.8, 4) is 0 Å². The van der Waals surface area contributed by atoms with Gasteiger partial charge < -0.3 is 15.0 Å². The average molecular weight is 387 g/mol. The Morgan fingerprint density at radius 2 is 1.82 bits per heavy atom. The first-order valence-electron chi connectivity index (χ1n) is 10.5. The fourth-order valence-corrected chi connectivity index (χ4v) is 3.42. The highest BCUT2D eigenvalue weighted by atomic mass is 16.5. The second kappa shape index (κ2) is 10.8. The number of nitrogens with zero attached hydrogens (tertiary/aromatic N) is 1. The number of carbonyl (C=O) groups is 1. The van der Waals surface area contributed by atoms with Crippen molar-refractivity contribution < 1.29 is 9.53 Å². The lowest BCUT2D eigenvalue weighted by molar-refractivity contribution is -0.119. The lowest BCUT2D eigenvalue weighted by atomic mass is 9.97. The van der Waals surface area contributed by atoms with Crippen molar-refractivity contribution in [3.63, 3.8) is 0 Å². The first-order chi connectivity index (χ1) is 13.3. The van der Waals surface area contributed by atoms with Crippen LogP contribution in [-0.2, 0) is 9.53 Å². The van der Waals surface area contributed by atoms with Gasteiger partial charge in [-0.2, -0.15) is 0 Å². The topological polar surface area (TPSA) is 41.6 Å².